The number of H-pyrrole nitrogens is 1. The van der Waals surface area contributed by atoms with Gasteiger partial charge in [0.25, 0.3) is 0 Å². The third kappa shape index (κ3) is 5.69. The number of carbonyl (C=O) groups excluding carboxylic acids is 1. The standard InChI is InChI=1S/C7H12N2.C6H12O/c1-7(2,3)6-4-8-5-9-6;1-5(7)6(2,3)4/h4-5H,1-3H3,(H,8,9);1-4H3. The van der Waals surface area contributed by atoms with E-state index in [-0.39, 0.29) is 16.6 Å². The molecule has 1 aromatic heterocycles. The molecule has 0 radical (unpaired) electrons. The van der Waals surface area contributed by atoms with Crippen LogP contribution in [0.4, 0.5) is 0 Å². The zero-order chi connectivity index (χ0) is 13.0. The third-order valence-corrected chi connectivity index (χ3v) is 2.36. The number of hydrogen-bond donors (Lipinski definition) is 1. The lowest BCUT2D eigenvalue weighted by atomic mass is 9.92. The Balaban J connectivity index is 0.000000293. The summed E-state index contributed by atoms with van der Waals surface area (Å²) >= 11 is 0. The van der Waals surface area contributed by atoms with E-state index >= 15 is 0 Å². The Morgan fingerprint density at radius 2 is 1.62 bits per heavy atom. The van der Waals surface area contributed by atoms with E-state index in [9.17, 15) is 4.79 Å². The van der Waals surface area contributed by atoms with Crippen molar-refractivity contribution in [2.75, 3.05) is 0 Å². The van der Waals surface area contributed by atoms with Crippen molar-refractivity contribution in [2.24, 2.45) is 5.41 Å². The first-order chi connectivity index (χ1) is 7.05. The van der Waals surface area contributed by atoms with Gasteiger partial charge in [0.15, 0.2) is 0 Å². The van der Waals surface area contributed by atoms with Gasteiger partial charge in [0.1, 0.15) is 5.78 Å². The predicted molar refractivity (Wildman–Crippen MR) is 67.4 cm³/mol. The predicted octanol–water partition coefficient (Wildman–Crippen LogP) is 3.33. The lowest BCUT2D eigenvalue weighted by Gasteiger charge is -2.14. The number of nitrogens with one attached hydrogen (secondary N) is 1. The Kier molecular flexibility index (Phi) is 4.91. The van der Waals surface area contributed by atoms with E-state index in [1.165, 1.54) is 5.69 Å². The first-order valence-corrected chi connectivity index (χ1v) is 5.55. The Morgan fingerprint density at radius 3 is 1.75 bits per heavy atom. The molecule has 0 atom stereocenters. The second kappa shape index (κ2) is 5.28. The molecule has 92 valence electrons. The van der Waals surface area contributed by atoms with Crippen molar-refractivity contribution in [3.05, 3.63) is 18.2 Å². The molecule has 0 amide bonds. The highest BCUT2D eigenvalue weighted by molar-refractivity contribution is 5.80. The van der Waals surface area contributed by atoms with Crippen LogP contribution < -0.4 is 0 Å². The van der Waals surface area contributed by atoms with Crippen molar-refractivity contribution < 1.29 is 4.79 Å². The first-order valence-electron chi connectivity index (χ1n) is 5.55. The molecule has 0 spiro atoms. The summed E-state index contributed by atoms with van der Waals surface area (Å²) in [6, 6.07) is 0. The quantitative estimate of drug-likeness (QED) is 0.734. The van der Waals surface area contributed by atoms with Gasteiger partial charge in [-0.15, -0.1) is 0 Å². The second-order valence-corrected chi connectivity index (χ2v) is 6.02. The minimum absolute atomic E-state index is 0.139. The second-order valence-electron chi connectivity index (χ2n) is 6.02. The number of aromatic amines is 1. The van der Waals surface area contributed by atoms with E-state index in [1.54, 1.807) is 13.3 Å². The van der Waals surface area contributed by atoms with Crippen LogP contribution in [0.3, 0.4) is 0 Å². The summed E-state index contributed by atoms with van der Waals surface area (Å²) in [6.45, 7) is 13.8. The number of nitrogens with zero attached hydrogens (tertiary/aromatic N) is 1. The molecule has 0 aromatic carbocycles. The van der Waals surface area contributed by atoms with Crippen molar-refractivity contribution in [1.82, 2.24) is 9.97 Å². The van der Waals surface area contributed by atoms with Crippen LogP contribution in [0.15, 0.2) is 12.5 Å². The minimum atomic E-state index is -0.139. The van der Waals surface area contributed by atoms with Crippen LogP contribution in [0.25, 0.3) is 0 Å². The summed E-state index contributed by atoms with van der Waals surface area (Å²) in [5.41, 5.74) is 1.25. The van der Waals surface area contributed by atoms with Crippen LogP contribution in [0.5, 0.6) is 0 Å². The van der Waals surface area contributed by atoms with Crippen molar-refractivity contribution >= 4 is 5.78 Å². The fourth-order valence-electron chi connectivity index (χ4n) is 0.666. The number of carbonyl (C=O) groups is 1. The van der Waals surface area contributed by atoms with Crippen LogP contribution in [-0.4, -0.2) is 15.8 Å². The number of Topliss-reactive ketones (excluding diaryl/α,β-unsaturated/α-hetero) is 1. The molecule has 0 fully saturated rings. The minimum Gasteiger partial charge on any atom is -0.348 e. The molecule has 0 unspecified atom stereocenters. The van der Waals surface area contributed by atoms with Crippen LogP contribution in [0, 0.1) is 5.41 Å². The van der Waals surface area contributed by atoms with Crippen molar-refractivity contribution in [3.63, 3.8) is 0 Å². The summed E-state index contributed by atoms with van der Waals surface area (Å²) in [4.78, 5) is 17.5. The van der Waals surface area contributed by atoms with Gasteiger partial charge < -0.3 is 4.98 Å². The van der Waals surface area contributed by atoms with Gasteiger partial charge in [-0.1, -0.05) is 41.5 Å². The highest BCUT2D eigenvalue weighted by Crippen LogP contribution is 2.17. The van der Waals surface area contributed by atoms with E-state index in [4.69, 9.17) is 0 Å². The summed E-state index contributed by atoms with van der Waals surface area (Å²) in [7, 11) is 0. The highest BCUT2D eigenvalue weighted by atomic mass is 16.1. The monoisotopic (exact) mass is 224 g/mol. The molecule has 16 heavy (non-hydrogen) atoms. The van der Waals surface area contributed by atoms with E-state index in [1.807, 2.05) is 27.0 Å². The average Bonchev–Trinajstić information content (AvgIpc) is 2.52. The topological polar surface area (TPSA) is 45.8 Å². The lowest BCUT2D eigenvalue weighted by Crippen LogP contribution is -2.15. The molecule has 0 bridgehead atoms. The van der Waals surface area contributed by atoms with Gasteiger partial charge in [-0.2, -0.15) is 0 Å². The molecule has 0 aliphatic rings. The van der Waals surface area contributed by atoms with E-state index in [2.05, 4.69) is 30.7 Å². The SMILES string of the molecule is CC(=O)C(C)(C)C.CC(C)(C)c1cnc[nH]1. The van der Waals surface area contributed by atoms with Gasteiger partial charge >= 0.3 is 0 Å². The molecule has 1 aromatic rings. The fraction of sp³-hybridized carbons (Fsp3) is 0.692. The van der Waals surface area contributed by atoms with Crippen LogP contribution in [-0.2, 0) is 10.2 Å². The van der Waals surface area contributed by atoms with Crippen LogP contribution in [0.2, 0.25) is 0 Å². The van der Waals surface area contributed by atoms with E-state index in [0.29, 0.717) is 0 Å². The maximum atomic E-state index is 10.5. The lowest BCUT2D eigenvalue weighted by molar-refractivity contribution is -0.124. The van der Waals surface area contributed by atoms with E-state index < -0.39 is 0 Å². The zero-order valence-corrected chi connectivity index (χ0v) is 11.5. The fourth-order valence-corrected chi connectivity index (χ4v) is 0.666. The Bertz CT molecular complexity index is 313. The molecule has 0 saturated carbocycles. The van der Waals surface area contributed by atoms with Gasteiger partial charge in [0.05, 0.1) is 6.33 Å². The maximum Gasteiger partial charge on any atom is 0.135 e. The smallest absolute Gasteiger partial charge is 0.135 e. The first kappa shape index (κ1) is 14.9. The van der Waals surface area contributed by atoms with Gasteiger partial charge in [-0.3, -0.25) is 4.79 Å². The van der Waals surface area contributed by atoms with E-state index in [0.717, 1.165) is 0 Å². The van der Waals surface area contributed by atoms with Gasteiger partial charge in [0.2, 0.25) is 0 Å². The molecule has 3 heteroatoms. The summed E-state index contributed by atoms with van der Waals surface area (Å²) in [6.07, 6.45) is 3.57. The number of ketones is 1. The van der Waals surface area contributed by atoms with Crippen molar-refractivity contribution in [1.29, 1.82) is 0 Å². The van der Waals surface area contributed by atoms with Crippen molar-refractivity contribution in [3.8, 4) is 0 Å². The molecule has 1 N–H and O–H groups in total. The largest absolute Gasteiger partial charge is 0.348 e. The number of rotatable bonds is 0. The van der Waals surface area contributed by atoms with Crippen molar-refractivity contribution in [2.45, 2.75) is 53.9 Å². The number of imidazole rings is 1. The highest BCUT2D eigenvalue weighted by Gasteiger charge is 2.14. The normalized spacial score (nSPS) is 11.7. The van der Waals surface area contributed by atoms with Gasteiger partial charge in [-0.05, 0) is 6.92 Å². The molecule has 1 rings (SSSR count). The molecular formula is C13H24N2O. The molecule has 3 nitrogen and oxygen atoms in total. The summed E-state index contributed by atoms with van der Waals surface area (Å²) in [5.74, 6) is 0.243. The van der Waals surface area contributed by atoms with Gasteiger partial charge in [-0.25, -0.2) is 4.98 Å². The molecular weight excluding hydrogens is 200 g/mol. The molecule has 1 heterocycles. The Hall–Kier alpha value is -1.12. The number of hydrogen-bond acceptors (Lipinski definition) is 2. The molecule has 0 aliphatic carbocycles. The number of aromatic nitrogens is 2. The zero-order valence-electron chi connectivity index (χ0n) is 11.5. The summed E-state index contributed by atoms with van der Waals surface area (Å²) < 4.78 is 0. The van der Waals surface area contributed by atoms with Crippen LogP contribution in [0.1, 0.15) is 54.2 Å². The average molecular weight is 224 g/mol. The Morgan fingerprint density at radius 1 is 1.19 bits per heavy atom. The summed E-state index contributed by atoms with van der Waals surface area (Å²) in [5, 5.41) is 0. The molecule has 0 aliphatic heterocycles. The maximum absolute atomic E-state index is 10.5. The van der Waals surface area contributed by atoms with Gasteiger partial charge in [0, 0.05) is 22.7 Å². The van der Waals surface area contributed by atoms with Crippen LogP contribution >= 0.6 is 0 Å². The molecule has 0 saturated heterocycles. The third-order valence-electron chi connectivity index (χ3n) is 2.36. The Labute approximate surface area is 98.7 Å².